The Hall–Kier alpha value is -1.71. The highest BCUT2D eigenvalue weighted by Crippen LogP contribution is 2.26. The normalized spacial score (nSPS) is 13.1. The Kier molecular flexibility index (Phi) is 4.22. The number of benzene rings is 1. The maximum Gasteiger partial charge on any atom is 0.342 e. The molecule has 0 heterocycles. The van der Waals surface area contributed by atoms with Crippen molar-refractivity contribution in [1.82, 2.24) is 0 Å². The lowest BCUT2D eigenvalue weighted by molar-refractivity contribution is 0.0250. The lowest BCUT2D eigenvalue weighted by atomic mass is 9.90. The fourth-order valence-electron chi connectivity index (χ4n) is 1.84. The molecule has 0 saturated carbocycles. The van der Waals surface area contributed by atoms with E-state index in [0.29, 0.717) is 0 Å². The first-order chi connectivity index (χ1) is 8.19. The van der Waals surface area contributed by atoms with Crippen molar-refractivity contribution in [3.05, 3.63) is 23.8 Å². The highest BCUT2D eigenvalue weighted by molar-refractivity contribution is 5.92. The summed E-state index contributed by atoms with van der Waals surface area (Å²) in [7, 11) is 0. The van der Waals surface area contributed by atoms with Crippen LogP contribution in [0.25, 0.3) is 0 Å². The van der Waals surface area contributed by atoms with Gasteiger partial charge in [-0.15, -0.1) is 0 Å². The van der Waals surface area contributed by atoms with Crippen molar-refractivity contribution in [2.75, 3.05) is 0 Å². The Morgan fingerprint density at radius 2 is 1.94 bits per heavy atom. The van der Waals surface area contributed by atoms with Gasteiger partial charge in [-0.05, 0) is 37.0 Å². The van der Waals surface area contributed by atoms with E-state index in [1.54, 1.807) is 0 Å². The number of ether oxygens (including phenoxy) is 1. The van der Waals surface area contributed by atoms with Crippen molar-refractivity contribution in [1.29, 1.82) is 0 Å². The van der Waals surface area contributed by atoms with Crippen LogP contribution in [0.15, 0.2) is 18.2 Å². The lowest BCUT2D eigenvalue weighted by Crippen LogP contribution is -2.21. The van der Waals surface area contributed by atoms with Gasteiger partial charge in [0.2, 0.25) is 0 Å². The molecule has 0 saturated heterocycles. The van der Waals surface area contributed by atoms with Crippen LogP contribution in [-0.4, -0.2) is 22.3 Å². The van der Waals surface area contributed by atoms with Gasteiger partial charge in [-0.25, -0.2) is 4.79 Å². The van der Waals surface area contributed by atoms with Gasteiger partial charge < -0.3 is 14.9 Å². The third-order valence-electron chi connectivity index (χ3n) is 2.41. The smallest absolute Gasteiger partial charge is 0.342 e. The van der Waals surface area contributed by atoms with Crippen molar-refractivity contribution < 1.29 is 19.7 Å². The van der Waals surface area contributed by atoms with Gasteiger partial charge in [0.25, 0.3) is 0 Å². The van der Waals surface area contributed by atoms with Crippen LogP contribution in [0.2, 0.25) is 0 Å². The maximum atomic E-state index is 11.8. The predicted octanol–water partition coefficient (Wildman–Crippen LogP) is 3.08. The van der Waals surface area contributed by atoms with Gasteiger partial charge in [0.1, 0.15) is 17.1 Å². The molecular formula is C14H20O4. The van der Waals surface area contributed by atoms with Crippen LogP contribution in [0.1, 0.15) is 44.5 Å². The van der Waals surface area contributed by atoms with E-state index in [-0.39, 0.29) is 28.6 Å². The van der Waals surface area contributed by atoms with Crippen LogP contribution in [0.4, 0.5) is 0 Å². The van der Waals surface area contributed by atoms with Crippen LogP contribution in [-0.2, 0) is 4.74 Å². The zero-order valence-corrected chi connectivity index (χ0v) is 11.2. The number of hydrogen-bond donors (Lipinski definition) is 2. The number of esters is 1. The summed E-state index contributed by atoms with van der Waals surface area (Å²) in [6, 6.07) is 3.77. The average Bonchev–Trinajstić information content (AvgIpc) is 2.18. The first kappa shape index (κ1) is 14.4. The van der Waals surface area contributed by atoms with E-state index in [0.717, 1.165) is 6.42 Å². The largest absolute Gasteiger partial charge is 0.508 e. The number of carbonyl (C=O) groups excluding carboxylic acids is 1. The van der Waals surface area contributed by atoms with E-state index in [9.17, 15) is 15.0 Å². The first-order valence-electron chi connectivity index (χ1n) is 5.92. The number of phenolic OH excluding ortho intramolecular Hbond substituents is 2. The molecule has 0 amide bonds. The molecular weight excluding hydrogens is 232 g/mol. The fourth-order valence-corrected chi connectivity index (χ4v) is 1.84. The molecule has 0 aliphatic rings. The Morgan fingerprint density at radius 1 is 1.33 bits per heavy atom. The molecule has 4 nitrogen and oxygen atoms in total. The minimum atomic E-state index is -0.625. The van der Waals surface area contributed by atoms with Crippen molar-refractivity contribution in [2.24, 2.45) is 5.41 Å². The van der Waals surface area contributed by atoms with Gasteiger partial charge in [-0.1, -0.05) is 20.8 Å². The van der Waals surface area contributed by atoms with Crippen molar-refractivity contribution in [3.8, 4) is 11.5 Å². The molecule has 0 aliphatic heterocycles. The van der Waals surface area contributed by atoms with E-state index in [4.69, 9.17) is 4.74 Å². The second-order valence-electron chi connectivity index (χ2n) is 5.68. The monoisotopic (exact) mass is 252 g/mol. The Labute approximate surface area is 107 Å². The third kappa shape index (κ3) is 4.28. The highest BCUT2D eigenvalue weighted by Gasteiger charge is 2.21. The number of carbonyl (C=O) groups is 1. The fraction of sp³-hybridized carbons (Fsp3) is 0.500. The van der Waals surface area contributed by atoms with E-state index in [1.807, 2.05) is 6.92 Å². The average molecular weight is 252 g/mol. The molecule has 100 valence electrons. The van der Waals surface area contributed by atoms with Crippen LogP contribution in [0.5, 0.6) is 11.5 Å². The predicted molar refractivity (Wildman–Crippen MR) is 68.7 cm³/mol. The summed E-state index contributed by atoms with van der Waals surface area (Å²) < 4.78 is 5.24. The van der Waals surface area contributed by atoms with Gasteiger partial charge in [-0.2, -0.15) is 0 Å². The molecule has 0 bridgehead atoms. The summed E-state index contributed by atoms with van der Waals surface area (Å²) >= 11 is 0. The Balaban J connectivity index is 2.74. The van der Waals surface area contributed by atoms with E-state index in [2.05, 4.69) is 20.8 Å². The summed E-state index contributed by atoms with van der Waals surface area (Å²) in [5.74, 6) is -0.899. The first-order valence-corrected chi connectivity index (χ1v) is 5.92. The maximum absolute atomic E-state index is 11.8. The SMILES string of the molecule is CC(CC(C)(C)C)OC(=O)c1cc(O)ccc1O. The molecule has 0 aliphatic carbocycles. The van der Waals surface area contributed by atoms with E-state index < -0.39 is 5.97 Å². The molecule has 1 rings (SSSR count). The standard InChI is InChI=1S/C14H20O4/c1-9(8-14(2,3)4)18-13(17)11-7-10(15)5-6-12(11)16/h5-7,9,15-16H,8H2,1-4H3. The lowest BCUT2D eigenvalue weighted by Gasteiger charge is -2.23. The molecule has 1 aromatic carbocycles. The van der Waals surface area contributed by atoms with Crippen LogP contribution in [0, 0.1) is 5.41 Å². The van der Waals surface area contributed by atoms with Gasteiger partial charge >= 0.3 is 5.97 Å². The van der Waals surface area contributed by atoms with Crippen LogP contribution < -0.4 is 0 Å². The van der Waals surface area contributed by atoms with Gasteiger partial charge in [0.15, 0.2) is 0 Å². The number of rotatable bonds is 3. The zero-order chi connectivity index (χ0) is 13.9. The zero-order valence-electron chi connectivity index (χ0n) is 11.2. The molecule has 0 aromatic heterocycles. The van der Waals surface area contributed by atoms with Gasteiger partial charge in [-0.3, -0.25) is 0 Å². The Morgan fingerprint density at radius 3 is 2.50 bits per heavy atom. The van der Waals surface area contributed by atoms with Crippen LogP contribution >= 0.6 is 0 Å². The van der Waals surface area contributed by atoms with Crippen molar-refractivity contribution >= 4 is 5.97 Å². The molecule has 2 N–H and O–H groups in total. The summed E-state index contributed by atoms with van der Waals surface area (Å²) in [6.45, 7) is 7.98. The summed E-state index contributed by atoms with van der Waals surface area (Å²) in [6.07, 6.45) is 0.470. The van der Waals surface area contributed by atoms with E-state index >= 15 is 0 Å². The Bertz CT molecular complexity index is 432. The second-order valence-corrected chi connectivity index (χ2v) is 5.68. The molecule has 1 aromatic rings. The molecule has 0 radical (unpaired) electrons. The quantitative estimate of drug-likeness (QED) is 0.641. The molecule has 4 heteroatoms. The van der Waals surface area contributed by atoms with E-state index in [1.165, 1.54) is 18.2 Å². The van der Waals surface area contributed by atoms with Gasteiger partial charge in [0, 0.05) is 0 Å². The molecule has 1 atom stereocenters. The number of hydrogen-bond acceptors (Lipinski definition) is 4. The third-order valence-corrected chi connectivity index (χ3v) is 2.41. The number of aromatic hydroxyl groups is 2. The van der Waals surface area contributed by atoms with Gasteiger partial charge in [0.05, 0.1) is 6.10 Å². The van der Waals surface area contributed by atoms with Crippen LogP contribution in [0.3, 0.4) is 0 Å². The summed E-state index contributed by atoms with van der Waals surface area (Å²) in [5, 5.41) is 18.8. The minimum absolute atomic E-state index is 0.0178. The highest BCUT2D eigenvalue weighted by atomic mass is 16.5. The minimum Gasteiger partial charge on any atom is -0.508 e. The topological polar surface area (TPSA) is 66.8 Å². The summed E-state index contributed by atoms with van der Waals surface area (Å²) in [5.41, 5.74) is 0.0383. The number of phenols is 2. The summed E-state index contributed by atoms with van der Waals surface area (Å²) in [4.78, 5) is 11.8. The second kappa shape index (κ2) is 5.29. The molecule has 0 spiro atoms. The molecule has 18 heavy (non-hydrogen) atoms. The van der Waals surface area contributed by atoms with Crippen molar-refractivity contribution in [2.45, 2.75) is 40.2 Å². The molecule has 1 unspecified atom stereocenters. The van der Waals surface area contributed by atoms with Crippen molar-refractivity contribution in [3.63, 3.8) is 0 Å². The molecule has 0 fully saturated rings.